The van der Waals surface area contributed by atoms with Crippen molar-refractivity contribution < 1.29 is 4.74 Å². The van der Waals surface area contributed by atoms with E-state index < -0.39 is 0 Å². The monoisotopic (exact) mass is 269 g/mol. The van der Waals surface area contributed by atoms with E-state index in [1.807, 2.05) is 0 Å². The molecule has 0 bridgehead atoms. The van der Waals surface area contributed by atoms with Gasteiger partial charge in [0, 0.05) is 31.8 Å². The molecule has 102 valence electrons. The lowest BCUT2D eigenvalue weighted by molar-refractivity contribution is 0.204. The number of hydrogen-bond donors (Lipinski definition) is 0. The Morgan fingerprint density at radius 1 is 1.33 bits per heavy atom. The zero-order chi connectivity index (χ0) is 13.5. The highest BCUT2D eigenvalue weighted by molar-refractivity contribution is 6.17. The number of hydrogen-bond acceptors (Lipinski definition) is 2. The Balaban J connectivity index is 2.95. The van der Waals surface area contributed by atoms with Crippen LogP contribution in [0.15, 0.2) is 18.2 Å². The Morgan fingerprint density at radius 2 is 2.06 bits per heavy atom. The summed E-state index contributed by atoms with van der Waals surface area (Å²) in [6.45, 7) is 9.23. The van der Waals surface area contributed by atoms with Crippen molar-refractivity contribution in [2.24, 2.45) is 5.92 Å². The molecule has 0 saturated heterocycles. The molecule has 0 unspecified atom stereocenters. The van der Waals surface area contributed by atoms with Gasteiger partial charge in [-0.2, -0.15) is 0 Å². The van der Waals surface area contributed by atoms with Crippen LogP contribution in [0.25, 0.3) is 0 Å². The minimum atomic E-state index is 0.554. The topological polar surface area (TPSA) is 12.5 Å². The van der Waals surface area contributed by atoms with Crippen LogP contribution in [-0.2, 0) is 10.6 Å². The van der Waals surface area contributed by atoms with Gasteiger partial charge in [0.15, 0.2) is 0 Å². The van der Waals surface area contributed by atoms with Crippen molar-refractivity contribution in [3.05, 3.63) is 29.3 Å². The van der Waals surface area contributed by atoms with Crippen LogP contribution in [0.4, 0.5) is 5.69 Å². The van der Waals surface area contributed by atoms with Crippen molar-refractivity contribution in [2.75, 3.05) is 31.7 Å². The van der Waals surface area contributed by atoms with Crippen LogP contribution in [0.3, 0.4) is 0 Å². The van der Waals surface area contributed by atoms with Crippen LogP contribution >= 0.6 is 11.6 Å². The lowest BCUT2D eigenvalue weighted by Crippen LogP contribution is -2.31. The number of halogens is 1. The molecule has 0 aliphatic rings. The van der Waals surface area contributed by atoms with Crippen molar-refractivity contribution >= 4 is 17.3 Å². The van der Waals surface area contributed by atoms with Gasteiger partial charge in [-0.15, -0.1) is 11.6 Å². The summed E-state index contributed by atoms with van der Waals surface area (Å²) in [7, 11) is 1.74. The van der Waals surface area contributed by atoms with E-state index in [4.69, 9.17) is 16.3 Å². The van der Waals surface area contributed by atoms with Crippen LogP contribution in [0, 0.1) is 12.8 Å². The molecule has 0 spiro atoms. The average molecular weight is 270 g/mol. The Hall–Kier alpha value is -0.730. The van der Waals surface area contributed by atoms with Crippen molar-refractivity contribution in [1.29, 1.82) is 0 Å². The third-order valence-corrected chi connectivity index (χ3v) is 3.16. The minimum Gasteiger partial charge on any atom is -0.383 e. The highest BCUT2D eigenvalue weighted by Gasteiger charge is 2.12. The molecular formula is C15H24ClNO. The molecule has 0 fully saturated rings. The molecule has 0 aliphatic heterocycles. The maximum atomic E-state index is 6.06. The smallest absolute Gasteiger partial charge is 0.0637 e. The number of alkyl halides is 1. The first-order chi connectivity index (χ1) is 8.58. The van der Waals surface area contributed by atoms with E-state index in [0.29, 0.717) is 11.8 Å². The van der Waals surface area contributed by atoms with E-state index in [0.717, 1.165) is 19.7 Å². The summed E-state index contributed by atoms with van der Waals surface area (Å²) in [4.78, 5) is 2.37. The molecule has 0 atom stereocenters. The summed E-state index contributed by atoms with van der Waals surface area (Å²) in [5.74, 6) is 1.17. The largest absolute Gasteiger partial charge is 0.383 e. The van der Waals surface area contributed by atoms with Gasteiger partial charge in [-0.1, -0.05) is 31.5 Å². The van der Waals surface area contributed by atoms with Crippen molar-refractivity contribution in [3.8, 4) is 0 Å². The van der Waals surface area contributed by atoms with Crippen LogP contribution in [0.5, 0.6) is 0 Å². The van der Waals surface area contributed by atoms with E-state index in [1.165, 1.54) is 16.8 Å². The zero-order valence-electron chi connectivity index (χ0n) is 11.9. The molecule has 1 aromatic carbocycles. The first kappa shape index (κ1) is 15.3. The summed E-state index contributed by atoms with van der Waals surface area (Å²) < 4.78 is 5.20. The number of benzene rings is 1. The molecule has 0 aromatic heterocycles. The van der Waals surface area contributed by atoms with E-state index in [2.05, 4.69) is 43.9 Å². The number of aryl methyl sites for hydroxylation is 1. The van der Waals surface area contributed by atoms with Gasteiger partial charge in [0.2, 0.25) is 0 Å². The molecule has 1 rings (SSSR count). The minimum absolute atomic E-state index is 0.554. The second-order valence-corrected chi connectivity index (χ2v) is 5.37. The average Bonchev–Trinajstić information content (AvgIpc) is 2.34. The molecule has 2 nitrogen and oxygen atoms in total. The number of anilines is 1. The number of methoxy groups -OCH3 is 1. The van der Waals surface area contributed by atoms with Gasteiger partial charge in [-0.05, 0) is 24.5 Å². The Morgan fingerprint density at radius 3 is 2.61 bits per heavy atom. The molecule has 3 heteroatoms. The summed E-state index contributed by atoms with van der Waals surface area (Å²) in [5.41, 5.74) is 3.69. The third kappa shape index (κ3) is 4.51. The Kier molecular flexibility index (Phi) is 6.51. The molecule has 0 radical (unpaired) electrons. The predicted molar refractivity (Wildman–Crippen MR) is 79.7 cm³/mol. The van der Waals surface area contributed by atoms with E-state index >= 15 is 0 Å². The van der Waals surface area contributed by atoms with Gasteiger partial charge in [0.1, 0.15) is 0 Å². The summed E-state index contributed by atoms with van der Waals surface area (Å²) in [6, 6.07) is 6.49. The molecule has 0 heterocycles. The summed E-state index contributed by atoms with van der Waals surface area (Å²) >= 11 is 6.06. The fourth-order valence-electron chi connectivity index (χ4n) is 2.08. The van der Waals surface area contributed by atoms with Crippen LogP contribution in [0.1, 0.15) is 25.0 Å². The molecule has 0 aliphatic carbocycles. The van der Waals surface area contributed by atoms with Gasteiger partial charge in [-0.3, -0.25) is 0 Å². The molecule has 0 saturated carbocycles. The molecule has 18 heavy (non-hydrogen) atoms. The lowest BCUT2D eigenvalue weighted by atomic mass is 10.1. The van der Waals surface area contributed by atoms with Gasteiger partial charge in [-0.25, -0.2) is 0 Å². The lowest BCUT2D eigenvalue weighted by Gasteiger charge is -2.28. The van der Waals surface area contributed by atoms with Gasteiger partial charge in [0.25, 0.3) is 0 Å². The highest BCUT2D eigenvalue weighted by Crippen LogP contribution is 2.24. The summed E-state index contributed by atoms with van der Waals surface area (Å²) in [6.07, 6.45) is 0. The van der Waals surface area contributed by atoms with E-state index in [9.17, 15) is 0 Å². The fourth-order valence-corrected chi connectivity index (χ4v) is 2.30. The van der Waals surface area contributed by atoms with Crippen molar-refractivity contribution in [3.63, 3.8) is 0 Å². The third-order valence-electron chi connectivity index (χ3n) is 2.87. The second kappa shape index (κ2) is 7.65. The number of nitrogens with zero attached hydrogens (tertiary/aromatic N) is 1. The van der Waals surface area contributed by atoms with Crippen molar-refractivity contribution in [2.45, 2.75) is 26.7 Å². The Labute approximate surface area is 116 Å². The van der Waals surface area contributed by atoms with Crippen LogP contribution < -0.4 is 4.90 Å². The first-order valence-electron chi connectivity index (χ1n) is 6.47. The maximum absolute atomic E-state index is 6.06. The van der Waals surface area contributed by atoms with Crippen LogP contribution in [-0.4, -0.2) is 26.8 Å². The highest BCUT2D eigenvalue weighted by atomic mass is 35.5. The predicted octanol–water partition coefficient (Wildman–Crippen LogP) is 3.84. The normalized spacial score (nSPS) is 11.0. The van der Waals surface area contributed by atoms with Gasteiger partial charge >= 0.3 is 0 Å². The molecular weight excluding hydrogens is 246 g/mol. The SMILES string of the molecule is COCCN(CC(C)C)c1ccc(C)cc1CCl. The summed E-state index contributed by atoms with van der Waals surface area (Å²) in [5, 5.41) is 0. The molecule has 1 aromatic rings. The first-order valence-corrected chi connectivity index (χ1v) is 7.01. The van der Waals surface area contributed by atoms with Crippen LogP contribution in [0.2, 0.25) is 0 Å². The molecule has 0 amide bonds. The fraction of sp³-hybridized carbons (Fsp3) is 0.600. The van der Waals surface area contributed by atoms with Gasteiger partial charge in [0.05, 0.1) is 6.61 Å². The second-order valence-electron chi connectivity index (χ2n) is 5.10. The quantitative estimate of drug-likeness (QED) is 0.698. The zero-order valence-corrected chi connectivity index (χ0v) is 12.6. The molecule has 0 N–H and O–H groups in total. The van der Waals surface area contributed by atoms with Gasteiger partial charge < -0.3 is 9.64 Å². The standard InChI is InChI=1S/C15H24ClNO/c1-12(2)11-17(7-8-18-4)15-6-5-13(3)9-14(15)10-16/h5-6,9,12H,7-8,10-11H2,1-4H3. The Bertz CT molecular complexity index is 366. The number of ether oxygens (including phenoxy) is 1. The maximum Gasteiger partial charge on any atom is 0.0637 e. The van der Waals surface area contributed by atoms with Crippen molar-refractivity contribution in [1.82, 2.24) is 0 Å². The van der Waals surface area contributed by atoms with E-state index in [-0.39, 0.29) is 0 Å². The van der Waals surface area contributed by atoms with E-state index in [1.54, 1.807) is 7.11 Å². The number of rotatable bonds is 7.